The van der Waals surface area contributed by atoms with E-state index in [1.54, 1.807) is 6.07 Å². The quantitative estimate of drug-likeness (QED) is 0.593. The molecule has 2 rings (SSSR count). The number of nitrogens with zero attached hydrogens (tertiary/aromatic N) is 2. The minimum Gasteiger partial charge on any atom is -0.368 e. The second-order valence-electron chi connectivity index (χ2n) is 4.73. The molecule has 1 aliphatic carbocycles. The maximum atomic E-state index is 11.4. The van der Waals surface area contributed by atoms with Crippen LogP contribution in [0.1, 0.15) is 32.0 Å². The van der Waals surface area contributed by atoms with Crippen molar-refractivity contribution in [1.29, 1.82) is 0 Å². The molecule has 1 fully saturated rings. The first kappa shape index (κ1) is 14.1. The Labute approximate surface area is 118 Å². The van der Waals surface area contributed by atoms with Crippen molar-refractivity contribution in [2.24, 2.45) is 5.92 Å². The molecule has 5 nitrogen and oxygen atoms in total. The molecule has 19 heavy (non-hydrogen) atoms. The Morgan fingerprint density at radius 3 is 2.89 bits per heavy atom. The standard InChI is InChI=1S/C13H19ClN4O/c1-2-3-11-17-10(14)8-12(18-11)15-6-7-16-13(19)9-4-5-9/h8-9H,2-7H2,1H3,(H,16,19)(H,15,17,18). The van der Waals surface area contributed by atoms with E-state index < -0.39 is 0 Å². The molecule has 1 saturated carbocycles. The molecule has 0 spiro atoms. The lowest BCUT2D eigenvalue weighted by Crippen LogP contribution is -2.30. The van der Waals surface area contributed by atoms with Gasteiger partial charge >= 0.3 is 0 Å². The fraction of sp³-hybridized carbons (Fsp3) is 0.615. The van der Waals surface area contributed by atoms with Gasteiger partial charge in [0, 0.05) is 31.5 Å². The van der Waals surface area contributed by atoms with Gasteiger partial charge in [-0.3, -0.25) is 4.79 Å². The molecule has 0 atom stereocenters. The molecular weight excluding hydrogens is 264 g/mol. The number of carbonyl (C=O) groups excluding carboxylic acids is 1. The van der Waals surface area contributed by atoms with Gasteiger partial charge in [0.2, 0.25) is 5.91 Å². The second-order valence-corrected chi connectivity index (χ2v) is 5.12. The molecule has 0 bridgehead atoms. The summed E-state index contributed by atoms with van der Waals surface area (Å²) in [4.78, 5) is 19.9. The van der Waals surface area contributed by atoms with Gasteiger partial charge < -0.3 is 10.6 Å². The number of halogens is 1. The number of rotatable bonds is 7. The molecule has 1 amide bonds. The van der Waals surface area contributed by atoms with Gasteiger partial charge in [-0.1, -0.05) is 18.5 Å². The van der Waals surface area contributed by atoms with Crippen LogP contribution < -0.4 is 10.6 Å². The Morgan fingerprint density at radius 1 is 1.42 bits per heavy atom. The zero-order chi connectivity index (χ0) is 13.7. The van der Waals surface area contributed by atoms with Crippen molar-refractivity contribution in [3.63, 3.8) is 0 Å². The Morgan fingerprint density at radius 2 is 2.21 bits per heavy atom. The van der Waals surface area contributed by atoms with Crippen LogP contribution in [0.4, 0.5) is 5.82 Å². The summed E-state index contributed by atoms with van der Waals surface area (Å²) in [5.41, 5.74) is 0. The van der Waals surface area contributed by atoms with Crippen LogP contribution in [0.15, 0.2) is 6.07 Å². The number of nitrogens with one attached hydrogen (secondary N) is 2. The van der Waals surface area contributed by atoms with E-state index in [0.717, 1.165) is 31.5 Å². The number of anilines is 1. The van der Waals surface area contributed by atoms with E-state index in [0.29, 0.717) is 24.1 Å². The summed E-state index contributed by atoms with van der Waals surface area (Å²) >= 11 is 5.94. The summed E-state index contributed by atoms with van der Waals surface area (Å²) in [6.45, 7) is 3.31. The average Bonchev–Trinajstić information content (AvgIpc) is 3.18. The first-order valence-electron chi connectivity index (χ1n) is 6.74. The highest BCUT2D eigenvalue weighted by molar-refractivity contribution is 6.29. The minimum absolute atomic E-state index is 0.161. The predicted octanol–water partition coefficient (Wildman–Crippen LogP) is 2.02. The number of hydrogen-bond donors (Lipinski definition) is 2. The third kappa shape index (κ3) is 4.67. The van der Waals surface area contributed by atoms with Crippen LogP contribution in [-0.4, -0.2) is 29.0 Å². The van der Waals surface area contributed by atoms with E-state index in [4.69, 9.17) is 11.6 Å². The molecule has 2 N–H and O–H groups in total. The van der Waals surface area contributed by atoms with Gasteiger partial charge in [-0.15, -0.1) is 0 Å². The Kier molecular flexibility index (Phi) is 4.96. The van der Waals surface area contributed by atoms with E-state index >= 15 is 0 Å². The second kappa shape index (κ2) is 6.70. The van der Waals surface area contributed by atoms with E-state index in [1.165, 1.54) is 0 Å². The van der Waals surface area contributed by atoms with Crippen molar-refractivity contribution in [3.8, 4) is 0 Å². The van der Waals surface area contributed by atoms with Crippen molar-refractivity contribution < 1.29 is 4.79 Å². The highest BCUT2D eigenvalue weighted by Gasteiger charge is 2.28. The minimum atomic E-state index is 0.161. The number of amides is 1. The van der Waals surface area contributed by atoms with Crippen LogP contribution in [0.5, 0.6) is 0 Å². The maximum Gasteiger partial charge on any atom is 0.223 e. The summed E-state index contributed by atoms with van der Waals surface area (Å²) in [7, 11) is 0. The van der Waals surface area contributed by atoms with Crippen molar-refractivity contribution in [2.75, 3.05) is 18.4 Å². The van der Waals surface area contributed by atoms with Gasteiger partial charge in [-0.25, -0.2) is 9.97 Å². The van der Waals surface area contributed by atoms with Crippen LogP contribution >= 0.6 is 11.6 Å². The van der Waals surface area contributed by atoms with Gasteiger partial charge in [0.1, 0.15) is 16.8 Å². The normalized spacial score (nSPS) is 14.2. The molecule has 0 unspecified atom stereocenters. The molecule has 0 saturated heterocycles. The average molecular weight is 283 g/mol. The first-order valence-corrected chi connectivity index (χ1v) is 7.12. The van der Waals surface area contributed by atoms with Crippen LogP contribution in [0.25, 0.3) is 0 Å². The molecule has 6 heteroatoms. The van der Waals surface area contributed by atoms with E-state index in [1.807, 2.05) is 0 Å². The highest BCUT2D eigenvalue weighted by atomic mass is 35.5. The molecule has 0 aliphatic heterocycles. The van der Waals surface area contributed by atoms with Crippen molar-refractivity contribution in [2.45, 2.75) is 32.6 Å². The Hall–Kier alpha value is -1.36. The topological polar surface area (TPSA) is 66.9 Å². The summed E-state index contributed by atoms with van der Waals surface area (Å²) in [6.07, 6.45) is 3.85. The number of aryl methyl sites for hydroxylation is 1. The molecule has 1 aromatic rings. The molecule has 1 aromatic heterocycles. The predicted molar refractivity (Wildman–Crippen MR) is 75.3 cm³/mol. The van der Waals surface area contributed by atoms with Gasteiger partial charge in [0.15, 0.2) is 0 Å². The number of carbonyl (C=O) groups is 1. The molecule has 104 valence electrons. The zero-order valence-corrected chi connectivity index (χ0v) is 11.8. The number of hydrogen-bond acceptors (Lipinski definition) is 4. The van der Waals surface area contributed by atoms with Crippen LogP contribution in [0.3, 0.4) is 0 Å². The van der Waals surface area contributed by atoms with E-state index in [2.05, 4.69) is 27.5 Å². The van der Waals surface area contributed by atoms with Gasteiger partial charge in [0.05, 0.1) is 0 Å². The van der Waals surface area contributed by atoms with Crippen molar-refractivity contribution in [1.82, 2.24) is 15.3 Å². The Bertz CT molecular complexity index is 448. The van der Waals surface area contributed by atoms with Crippen molar-refractivity contribution in [3.05, 3.63) is 17.0 Å². The third-order valence-electron chi connectivity index (χ3n) is 2.89. The first-order chi connectivity index (χ1) is 9.19. The molecular formula is C13H19ClN4O. The summed E-state index contributed by atoms with van der Waals surface area (Å²) < 4.78 is 0. The van der Waals surface area contributed by atoms with Gasteiger partial charge in [0.25, 0.3) is 0 Å². The molecule has 1 aliphatic rings. The largest absolute Gasteiger partial charge is 0.368 e. The lowest BCUT2D eigenvalue weighted by Gasteiger charge is -2.08. The van der Waals surface area contributed by atoms with Crippen LogP contribution in [-0.2, 0) is 11.2 Å². The fourth-order valence-electron chi connectivity index (χ4n) is 1.76. The maximum absolute atomic E-state index is 11.4. The monoisotopic (exact) mass is 282 g/mol. The molecule has 1 heterocycles. The summed E-state index contributed by atoms with van der Waals surface area (Å²) in [5.74, 6) is 1.88. The fourth-order valence-corrected chi connectivity index (χ4v) is 1.96. The van der Waals surface area contributed by atoms with Gasteiger partial charge in [-0.2, -0.15) is 0 Å². The number of aromatic nitrogens is 2. The third-order valence-corrected chi connectivity index (χ3v) is 3.09. The Balaban J connectivity index is 1.76. The van der Waals surface area contributed by atoms with E-state index in [-0.39, 0.29) is 11.8 Å². The lowest BCUT2D eigenvalue weighted by molar-refractivity contribution is -0.122. The molecule has 0 radical (unpaired) electrons. The van der Waals surface area contributed by atoms with Crippen molar-refractivity contribution >= 4 is 23.3 Å². The van der Waals surface area contributed by atoms with Gasteiger partial charge in [-0.05, 0) is 19.3 Å². The summed E-state index contributed by atoms with van der Waals surface area (Å²) in [6, 6.07) is 1.70. The summed E-state index contributed by atoms with van der Waals surface area (Å²) in [5, 5.41) is 6.49. The van der Waals surface area contributed by atoms with Crippen LogP contribution in [0, 0.1) is 5.92 Å². The molecule has 0 aromatic carbocycles. The van der Waals surface area contributed by atoms with E-state index in [9.17, 15) is 4.79 Å². The van der Waals surface area contributed by atoms with Crippen LogP contribution in [0.2, 0.25) is 5.15 Å². The smallest absolute Gasteiger partial charge is 0.223 e. The lowest BCUT2D eigenvalue weighted by atomic mass is 10.3. The zero-order valence-electron chi connectivity index (χ0n) is 11.1. The highest BCUT2D eigenvalue weighted by Crippen LogP contribution is 2.28. The SMILES string of the molecule is CCCc1nc(Cl)cc(NCCNC(=O)C2CC2)n1.